The van der Waals surface area contributed by atoms with Crippen LogP contribution in [0.15, 0.2) is 89.9 Å². The SMILES string of the molecule is O=[N+]([O-])C[C@@H](N=C(c1ccccc1)c1ccccc1)c1ccc(F)cc1. The molecule has 1 atom stereocenters. The van der Waals surface area contributed by atoms with E-state index in [0.29, 0.717) is 11.3 Å². The monoisotopic (exact) mass is 348 g/mol. The molecule has 26 heavy (non-hydrogen) atoms. The van der Waals surface area contributed by atoms with Gasteiger partial charge in [-0.15, -0.1) is 0 Å². The van der Waals surface area contributed by atoms with Crippen LogP contribution in [0.2, 0.25) is 0 Å². The van der Waals surface area contributed by atoms with E-state index in [-0.39, 0.29) is 12.4 Å². The van der Waals surface area contributed by atoms with Crippen molar-refractivity contribution in [2.75, 3.05) is 6.54 Å². The minimum Gasteiger partial charge on any atom is -0.269 e. The first-order valence-corrected chi connectivity index (χ1v) is 8.19. The third-order valence-corrected chi connectivity index (χ3v) is 3.96. The molecule has 0 radical (unpaired) electrons. The Morgan fingerprint density at radius 2 is 1.38 bits per heavy atom. The molecule has 0 unspecified atom stereocenters. The molecule has 0 aliphatic carbocycles. The summed E-state index contributed by atoms with van der Waals surface area (Å²) in [4.78, 5) is 15.5. The standard InChI is InChI=1S/C21H17FN2O2/c22-19-13-11-16(12-14-19)20(15-24(25)26)23-21(17-7-3-1-4-8-17)18-9-5-2-6-10-18/h1-14,20H,15H2/t20-/m1/s1. The number of rotatable bonds is 6. The van der Waals surface area contributed by atoms with Gasteiger partial charge in [-0.05, 0) is 17.7 Å². The zero-order valence-electron chi connectivity index (χ0n) is 14.0. The van der Waals surface area contributed by atoms with E-state index in [2.05, 4.69) is 0 Å². The lowest BCUT2D eigenvalue weighted by atomic mass is 10.0. The Balaban J connectivity index is 2.10. The summed E-state index contributed by atoms with van der Waals surface area (Å²) in [5.41, 5.74) is 3.01. The summed E-state index contributed by atoms with van der Waals surface area (Å²) in [5, 5.41) is 11.2. The molecule has 0 N–H and O–H groups in total. The van der Waals surface area contributed by atoms with Gasteiger partial charge in [0, 0.05) is 16.1 Å². The van der Waals surface area contributed by atoms with Crippen molar-refractivity contribution in [1.82, 2.24) is 0 Å². The third kappa shape index (κ3) is 4.39. The molecule has 5 heteroatoms. The Kier molecular flexibility index (Phi) is 5.49. The average Bonchev–Trinajstić information content (AvgIpc) is 2.67. The molecule has 0 spiro atoms. The lowest BCUT2D eigenvalue weighted by Crippen LogP contribution is -2.14. The van der Waals surface area contributed by atoms with Gasteiger partial charge in [-0.3, -0.25) is 15.1 Å². The second kappa shape index (κ2) is 8.16. The van der Waals surface area contributed by atoms with Gasteiger partial charge < -0.3 is 0 Å². The zero-order valence-corrected chi connectivity index (χ0v) is 14.0. The number of halogens is 1. The highest BCUT2D eigenvalue weighted by molar-refractivity contribution is 6.13. The normalized spacial score (nSPS) is 11.6. The molecule has 3 aromatic carbocycles. The van der Waals surface area contributed by atoms with Gasteiger partial charge in [-0.1, -0.05) is 72.8 Å². The summed E-state index contributed by atoms with van der Waals surface area (Å²) >= 11 is 0. The van der Waals surface area contributed by atoms with Crippen LogP contribution in [0.1, 0.15) is 22.7 Å². The fraction of sp³-hybridized carbons (Fsp3) is 0.0952. The van der Waals surface area contributed by atoms with Crippen molar-refractivity contribution in [3.05, 3.63) is 118 Å². The maximum absolute atomic E-state index is 13.2. The predicted molar refractivity (Wildman–Crippen MR) is 99.5 cm³/mol. The molecule has 3 rings (SSSR count). The Morgan fingerprint density at radius 3 is 1.85 bits per heavy atom. The number of hydrogen-bond acceptors (Lipinski definition) is 3. The van der Waals surface area contributed by atoms with E-state index >= 15 is 0 Å². The molecular weight excluding hydrogens is 331 g/mol. The first-order valence-electron chi connectivity index (χ1n) is 8.19. The van der Waals surface area contributed by atoms with E-state index in [0.717, 1.165) is 11.1 Å². The van der Waals surface area contributed by atoms with Gasteiger partial charge in [0.2, 0.25) is 6.54 Å². The largest absolute Gasteiger partial charge is 0.269 e. The van der Waals surface area contributed by atoms with E-state index in [1.807, 2.05) is 60.7 Å². The van der Waals surface area contributed by atoms with Crippen molar-refractivity contribution in [1.29, 1.82) is 0 Å². The quantitative estimate of drug-likeness (QED) is 0.369. The summed E-state index contributed by atoms with van der Waals surface area (Å²) in [7, 11) is 0. The Bertz CT molecular complexity index is 853. The molecule has 0 bridgehead atoms. The summed E-state index contributed by atoms with van der Waals surface area (Å²) in [6, 6.07) is 24.0. The summed E-state index contributed by atoms with van der Waals surface area (Å²) < 4.78 is 13.2. The molecule has 0 fully saturated rings. The van der Waals surface area contributed by atoms with Crippen molar-refractivity contribution in [3.63, 3.8) is 0 Å². The molecule has 3 aromatic rings. The van der Waals surface area contributed by atoms with Crippen LogP contribution in [0.25, 0.3) is 0 Å². The number of benzene rings is 3. The highest BCUT2D eigenvalue weighted by atomic mass is 19.1. The van der Waals surface area contributed by atoms with Crippen molar-refractivity contribution in [2.24, 2.45) is 4.99 Å². The first kappa shape index (κ1) is 17.5. The Morgan fingerprint density at radius 1 is 0.885 bits per heavy atom. The second-order valence-corrected chi connectivity index (χ2v) is 5.79. The molecular formula is C21H17FN2O2. The van der Waals surface area contributed by atoms with Crippen molar-refractivity contribution in [2.45, 2.75) is 6.04 Å². The Hall–Kier alpha value is -3.34. The van der Waals surface area contributed by atoms with Gasteiger partial charge in [-0.25, -0.2) is 4.39 Å². The van der Waals surface area contributed by atoms with Crippen LogP contribution in [-0.2, 0) is 0 Å². The zero-order chi connectivity index (χ0) is 18.4. The molecule has 0 aliphatic heterocycles. The highest BCUT2D eigenvalue weighted by Gasteiger charge is 2.19. The van der Waals surface area contributed by atoms with Gasteiger partial charge in [0.15, 0.2) is 0 Å². The van der Waals surface area contributed by atoms with Crippen LogP contribution in [0.3, 0.4) is 0 Å². The van der Waals surface area contributed by atoms with Crippen molar-refractivity contribution < 1.29 is 9.31 Å². The summed E-state index contributed by atoms with van der Waals surface area (Å²) in [6.07, 6.45) is 0. The number of nitro groups is 1. The van der Waals surface area contributed by atoms with Gasteiger partial charge in [0.05, 0.1) is 5.71 Å². The number of nitrogens with zero attached hydrogens (tertiary/aromatic N) is 2. The van der Waals surface area contributed by atoms with Crippen LogP contribution in [-0.4, -0.2) is 17.2 Å². The van der Waals surface area contributed by atoms with E-state index in [4.69, 9.17) is 4.99 Å². The maximum Gasteiger partial charge on any atom is 0.230 e. The molecule has 0 aromatic heterocycles. The number of aliphatic imine (C=N–C) groups is 1. The smallest absolute Gasteiger partial charge is 0.230 e. The van der Waals surface area contributed by atoms with E-state index in [1.165, 1.54) is 12.1 Å². The maximum atomic E-state index is 13.2. The highest BCUT2D eigenvalue weighted by Crippen LogP contribution is 2.22. The van der Waals surface area contributed by atoms with Crippen molar-refractivity contribution in [3.8, 4) is 0 Å². The topological polar surface area (TPSA) is 55.5 Å². The molecule has 130 valence electrons. The number of hydrogen-bond donors (Lipinski definition) is 0. The fourth-order valence-electron chi connectivity index (χ4n) is 2.71. The van der Waals surface area contributed by atoms with Crippen LogP contribution >= 0.6 is 0 Å². The molecule has 0 aliphatic rings. The van der Waals surface area contributed by atoms with Crippen LogP contribution in [0, 0.1) is 15.9 Å². The second-order valence-electron chi connectivity index (χ2n) is 5.79. The molecule has 0 heterocycles. The fourth-order valence-corrected chi connectivity index (χ4v) is 2.71. The van der Waals surface area contributed by atoms with Crippen LogP contribution < -0.4 is 0 Å². The lowest BCUT2D eigenvalue weighted by molar-refractivity contribution is -0.483. The Labute approximate surface area is 150 Å². The summed E-state index contributed by atoms with van der Waals surface area (Å²) in [6.45, 7) is -0.366. The minimum absolute atomic E-state index is 0.366. The molecule has 4 nitrogen and oxygen atoms in total. The molecule has 0 saturated heterocycles. The van der Waals surface area contributed by atoms with Crippen LogP contribution in [0.4, 0.5) is 4.39 Å². The van der Waals surface area contributed by atoms with Crippen LogP contribution in [0.5, 0.6) is 0 Å². The average molecular weight is 348 g/mol. The molecule has 0 saturated carbocycles. The molecule has 0 amide bonds. The van der Waals surface area contributed by atoms with E-state index in [1.54, 1.807) is 12.1 Å². The van der Waals surface area contributed by atoms with Gasteiger partial charge in [-0.2, -0.15) is 0 Å². The van der Waals surface area contributed by atoms with Crippen molar-refractivity contribution >= 4 is 5.71 Å². The lowest BCUT2D eigenvalue weighted by Gasteiger charge is -2.13. The first-order chi connectivity index (χ1) is 12.6. The summed E-state index contributed by atoms with van der Waals surface area (Å²) in [5.74, 6) is -0.385. The van der Waals surface area contributed by atoms with Gasteiger partial charge in [0.25, 0.3) is 0 Å². The van der Waals surface area contributed by atoms with E-state index < -0.39 is 11.0 Å². The minimum atomic E-state index is -0.707. The van der Waals surface area contributed by atoms with E-state index in [9.17, 15) is 14.5 Å². The predicted octanol–water partition coefficient (Wildman–Crippen LogP) is 4.68. The van der Waals surface area contributed by atoms with Gasteiger partial charge in [0.1, 0.15) is 11.9 Å². The van der Waals surface area contributed by atoms with Gasteiger partial charge >= 0.3 is 0 Å². The third-order valence-electron chi connectivity index (χ3n) is 3.96.